The molecule has 5 nitrogen and oxygen atoms in total. The van der Waals surface area contributed by atoms with Crippen LogP contribution in [0.1, 0.15) is 0 Å². The molecular formula is C3HCl2NO4S2. The number of halogens is 2. The summed E-state index contributed by atoms with van der Waals surface area (Å²) in [6.07, 6.45) is 0. The van der Waals surface area contributed by atoms with Crippen LogP contribution in [0.25, 0.3) is 0 Å². The second kappa shape index (κ2) is 3.62. The highest BCUT2D eigenvalue weighted by molar-refractivity contribution is 8.19. The van der Waals surface area contributed by atoms with Crippen molar-refractivity contribution < 1.29 is 16.8 Å². The number of allylic oxidation sites excluding steroid dienone is 1. The first kappa shape index (κ1) is 11.7. The molecule has 12 heavy (non-hydrogen) atoms. The van der Waals surface area contributed by atoms with Crippen LogP contribution in [0, 0.1) is 11.3 Å². The summed E-state index contributed by atoms with van der Waals surface area (Å²) in [5.74, 6) is 0. The van der Waals surface area contributed by atoms with Gasteiger partial charge >= 0.3 is 0 Å². The van der Waals surface area contributed by atoms with Gasteiger partial charge in [0.25, 0.3) is 18.1 Å². The van der Waals surface area contributed by atoms with E-state index in [1.165, 1.54) is 0 Å². The molecule has 0 saturated carbocycles. The van der Waals surface area contributed by atoms with Crippen LogP contribution in [-0.4, -0.2) is 16.8 Å². The predicted molar refractivity (Wildman–Crippen MR) is 43.2 cm³/mol. The molecule has 0 aromatic rings. The van der Waals surface area contributed by atoms with Crippen LogP contribution >= 0.6 is 21.4 Å². The van der Waals surface area contributed by atoms with Gasteiger partial charge in [-0.1, -0.05) is 0 Å². The summed E-state index contributed by atoms with van der Waals surface area (Å²) in [5.41, 5.74) is 0. The molecule has 0 aliphatic carbocycles. The highest BCUT2D eigenvalue weighted by Gasteiger charge is 2.16. The molecular weight excluding hydrogens is 249 g/mol. The highest BCUT2D eigenvalue weighted by atomic mass is 35.7. The lowest BCUT2D eigenvalue weighted by atomic mass is 10.7. The fourth-order valence-electron chi connectivity index (χ4n) is 0.266. The Bertz CT molecular complexity index is 439. The van der Waals surface area contributed by atoms with E-state index in [2.05, 4.69) is 21.4 Å². The van der Waals surface area contributed by atoms with Gasteiger partial charge in [0.1, 0.15) is 6.07 Å². The summed E-state index contributed by atoms with van der Waals surface area (Å²) in [6.45, 7) is 0. The number of nitriles is 1. The molecule has 0 saturated heterocycles. The minimum Gasteiger partial charge on any atom is -0.207 e. The average Bonchev–Trinajstić information content (AvgIpc) is 1.78. The summed E-state index contributed by atoms with van der Waals surface area (Å²) in [4.78, 5) is -1.11. The van der Waals surface area contributed by atoms with E-state index in [9.17, 15) is 16.8 Å². The molecule has 0 aliphatic heterocycles. The molecule has 9 heteroatoms. The minimum absolute atomic E-state index is 0.0664. The molecule has 0 spiro atoms. The van der Waals surface area contributed by atoms with Crippen LogP contribution in [0.2, 0.25) is 0 Å². The lowest BCUT2D eigenvalue weighted by molar-refractivity contribution is 0.612. The topological polar surface area (TPSA) is 92.1 Å². The maximum atomic E-state index is 10.4. The van der Waals surface area contributed by atoms with Crippen LogP contribution < -0.4 is 0 Å². The van der Waals surface area contributed by atoms with Crippen LogP contribution in [-0.2, 0) is 18.1 Å². The number of hydrogen-bond donors (Lipinski definition) is 0. The zero-order valence-corrected chi connectivity index (χ0v) is 8.37. The number of rotatable bonds is 2. The summed E-state index contributed by atoms with van der Waals surface area (Å²) < 4.78 is 41.3. The fourth-order valence-corrected chi connectivity index (χ4v) is 2.38. The highest BCUT2D eigenvalue weighted by Crippen LogP contribution is 2.14. The second-order valence-corrected chi connectivity index (χ2v) is 6.52. The molecule has 0 N–H and O–H groups in total. The third kappa shape index (κ3) is 4.56. The normalized spacial score (nSPS) is 13.9. The Kier molecular flexibility index (Phi) is 3.53. The van der Waals surface area contributed by atoms with Crippen LogP contribution in [0.3, 0.4) is 0 Å². The van der Waals surface area contributed by atoms with Crippen LogP contribution in [0.4, 0.5) is 0 Å². The zero-order chi connectivity index (χ0) is 9.99. The quantitative estimate of drug-likeness (QED) is 0.525. The van der Waals surface area contributed by atoms with Gasteiger partial charge in [0.2, 0.25) is 0 Å². The molecule has 0 fully saturated rings. The molecule has 0 unspecified atom stereocenters. The third-order valence-corrected chi connectivity index (χ3v) is 2.79. The van der Waals surface area contributed by atoms with Crippen molar-refractivity contribution in [1.82, 2.24) is 0 Å². The van der Waals surface area contributed by atoms with Crippen LogP contribution in [0.15, 0.2) is 10.3 Å². The standard InChI is InChI=1S/C3HCl2NO4S2/c4-11(7,8)2-3(1-6)12(5,9)10/h2H. The maximum absolute atomic E-state index is 10.4. The van der Waals surface area contributed by atoms with Crippen molar-refractivity contribution in [3.05, 3.63) is 10.3 Å². The Hall–Kier alpha value is -0.290. The second-order valence-electron chi connectivity index (χ2n) is 1.51. The van der Waals surface area contributed by atoms with Gasteiger partial charge in [-0.25, -0.2) is 16.8 Å². The smallest absolute Gasteiger partial charge is 0.207 e. The van der Waals surface area contributed by atoms with Crippen molar-refractivity contribution in [2.24, 2.45) is 0 Å². The van der Waals surface area contributed by atoms with Gasteiger partial charge in [-0.2, -0.15) is 5.26 Å². The lowest BCUT2D eigenvalue weighted by Gasteiger charge is -1.88. The van der Waals surface area contributed by atoms with Gasteiger partial charge in [0.15, 0.2) is 4.91 Å². The monoisotopic (exact) mass is 249 g/mol. The molecule has 0 aromatic heterocycles. The Morgan fingerprint density at radius 3 is 1.75 bits per heavy atom. The Labute approximate surface area is 78.0 Å². The van der Waals surface area contributed by atoms with Crippen molar-refractivity contribution in [3.8, 4) is 6.07 Å². The van der Waals surface area contributed by atoms with Gasteiger partial charge in [-0.3, -0.25) is 0 Å². The molecule has 0 aromatic carbocycles. The molecule has 68 valence electrons. The van der Waals surface area contributed by atoms with E-state index in [4.69, 9.17) is 5.26 Å². The van der Waals surface area contributed by atoms with Gasteiger partial charge < -0.3 is 0 Å². The minimum atomic E-state index is -4.34. The number of hydrogen-bond acceptors (Lipinski definition) is 5. The Morgan fingerprint density at radius 1 is 1.25 bits per heavy atom. The lowest BCUT2D eigenvalue weighted by Crippen LogP contribution is -1.94. The van der Waals surface area contributed by atoms with Gasteiger partial charge in [0, 0.05) is 21.4 Å². The van der Waals surface area contributed by atoms with Crippen molar-refractivity contribution in [2.75, 3.05) is 0 Å². The van der Waals surface area contributed by atoms with Crippen molar-refractivity contribution >= 4 is 39.5 Å². The van der Waals surface area contributed by atoms with Crippen molar-refractivity contribution in [1.29, 1.82) is 5.26 Å². The van der Waals surface area contributed by atoms with Crippen LogP contribution in [0.5, 0.6) is 0 Å². The summed E-state index contributed by atoms with van der Waals surface area (Å²) in [5, 5.41) is 8.19. The molecule has 0 radical (unpaired) electrons. The van der Waals surface area contributed by atoms with Gasteiger partial charge in [-0.15, -0.1) is 0 Å². The Balaban J connectivity index is 5.44. The largest absolute Gasteiger partial charge is 0.272 e. The van der Waals surface area contributed by atoms with Gasteiger partial charge in [-0.05, 0) is 0 Å². The SMILES string of the molecule is N#CC(=CS(=O)(=O)Cl)S(=O)(=O)Cl. The first-order valence-electron chi connectivity index (χ1n) is 2.18. The predicted octanol–water partition coefficient (Wildman–Crippen LogP) is 0.489. The number of nitrogens with zero attached hydrogens (tertiary/aromatic N) is 1. The summed E-state index contributed by atoms with van der Waals surface area (Å²) >= 11 is 0. The Morgan fingerprint density at radius 2 is 1.67 bits per heavy atom. The van der Waals surface area contributed by atoms with E-state index in [1.54, 1.807) is 0 Å². The van der Waals surface area contributed by atoms with E-state index in [0.29, 0.717) is 0 Å². The van der Waals surface area contributed by atoms with E-state index >= 15 is 0 Å². The summed E-state index contributed by atoms with van der Waals surface area (Å²) in [7, 11) is 0.764. The van der Waals surface area contributed by atoms with E-state index in [1.807, 2.05) is 0 Å². The molecule has 0 aliphatic rings. The molecule has 0 amide bonds. The molecule has 0 heterocycles. The van der Waals surface area contributed by atoms with E-state index in [0.717, 1.165) is 6.07 Å². The van der Waals surface area contributed by atoms with Crippen molar-refractivity contribution in [2.45, 2.75) is 0 Å². The zero-order valence-electron chi connectivity index (χ0n) is 5.23. The first-order chi connectivity index (χ1) is 5.17. The van der Waals surface area contributed by atoms with Gasteiger partial charge in [0.05, 0.1) is 5.41 Å². The summed E-state index contributed by atoms with van der Waals surface area (Å²) in [6, 6.07) is 1.08. The molecule has 0 atom stereocenters. The van der Waals surface area contributed by atoms with Crippen molar-refractivity contribution in [3.63, 3.8) is 0 Å². The molecule has 0 rings (SSSR count). The average molecular weight is 250 g/mol. The van der Waals surface area contributed by atoms with E-state index < -0.39 is 23.0 Å². The first-order valence-corrected chi connectivity index (χ1v) is 6.86. The fraction of sp³-hybridized carbons (Fsp3) is 0. The maximum Gasteiger partial charge on any atom is 0.272 e. The van der Waals surface area contributed by atoms with E-state index in [-0.39, 0.29) is 5.41 Å². The third-order valence-electron chi connectivity index (χ3n) is 0.621. The molecule has 0 bridgehead atoms.